The summed E-state index contributed by atoms with van der Waals surface area (Å²) < 4.78 is 0. The topological polar surface area (TPSA) is 240 Å². The summed E-state index contributed by atoms with van der Waals surface area (Å²) in [6, 6.07) is 0. The van der Waals surface area contributed by atoms with Crippen molar-refractivity contribution >= 4 is 5.97 Å². The van der Waals surface area contributed by atoms with Crippen LogP contribution < -0.4 is 0 Å². The summed E-state index contributed by atoms with van der Waals surface area (Å²) in [6.07, 6.45) is -20.8. The number of aliphatic hydroxyl groups is 10. The third-order valence-electron chi connectivity index (χ3n) is 3.26. The van der Waals surface area contributed by atoms with Crippen LogP contribution in [-0.2, 0) is 4.79 Å². The third kappa shape index (κ3) is 5.58. The SMILES string of the molecule is O=C(O)[C@H](O)[C@H](O)[C@H](O)[C@@H](O)[C@H](O)[C@@H](O)[C@@H](O)[C@H](O)[C@H](O)CO. The summed E-state index contributed by atoms with van der Waals surface area (Å²) >= 11 is 0. The fraction of sp³-hybridized carbons (Fsp3) is 0.909. The molecule has 0 aromatic rings. The van der Waals surface area contributed by atoms with Crippen LogP contribution >= 0.6 is 0 Å². The molecule has 0 rings (SSSR count). The Kier molecular flexibility index (Phi) is 9.01. The molecule has 0 amide bonds. The van der Waals surface area contributed by atoms with Gasteiger partial charge in [0.2, 0.25) is 0 Å². The molecule has 0 aromatic heterocycles. The van der Waals surface area contributed by atoms with Crippen molar-refractivity contribution in [3.8, 4) is 0 Å². The van der Waals surface area contributed by atoms with Crippen LogP contribution in [0.25, 0.3) is 0 Å². The van der Waals surface area contributed by atoms with Gasteiger partial charge in [0.15, 0.2) is 6.10 Å². The van der Waals surface area contributed by atoms with E-state index in [1.54, 1.807) is 0 Å². The highest BCUT2D eigenvalue weighted by atomic mass is 16.4. The number of aliphatic hydroxyl groups excluding tert-OH is 10. The maximum Gasteiger partial charge on any atom is 0.335 e. The molecule has 11 N–H and O–H groups in total. The van der Waals surface area contributed by atoms with E-state index in [0.29, 0.717) is 0 Å². The molecular formula is C11H22O12. The highest BCUT2D eigenvalue weighted by Gasteiger charge is 2.42. The van der Waals surface area contributed by atoms with Gasteiger partial charge in [0.25, 0.3) is 0 Å². The van der Waals surface area contributed by atoms with Gasteiger partial charge in [-0.25, -0.2) is 4.79 Å². The molecular weight excluding hydrogens is 324 g/mol. The molecule has 0 saturated carbocycles. The molecule has 0 aromatic carbocycles. The first kappa shape index (κ1) is 22.1. The van der Waals surface area contributed by atoms with Crippen molar-refractivity contribution in [3.05, 3.63) is 0 Å². The van der Waals surface area contributed by atoms with Gasteiger partial charge in [0, 0.05) is 0 Å². The van der Waals surface area contributed by atoms with Gasteiger partial charge >= 0.3 is 5.97 Å². The molecule has 0 aliphatic heterocycles. The first-order valence-corrected chi connectivity index (χ1v) is 6.43. The van der Waals surface area contributed by atoms with Gasteiger partial charge < -0.3 is 56.2 Å². The van der Waals surface area contributed by atoms with Gasteiger partial charge in [-0.3, -0.25) is 0 Å². The maximum atomic E-state index is 10.4. The molecule has 9 atom stereocenters. The van der Waals surface area contributed by atoms with E-state index in [9.17, 15) is 40.5 Å². The van der Waals surface area contributed by atoms with Gasteiger partial charge in [0.1, 0.15) is 48.8 Å². The smallest absolute Gasteiger partial charge is 0.335 e. The molecule has 0 spiro atoms. The average molecular weight is 346 g/mol. The van der Waals surface area contributed by atoms with E-state index < -0.39 is 67.5 Å². The molecule has 0 aliphatic rings. The van der Waals surface area contributed by atoms with Crippen LogP contribution in [0.5, 0.6) is 0 Å². The highest BCUT2D eigenvalue weighted by Crippen LogP contribution is 2.15. The number of rotatable bonds is 10. The van der Waals surface area contributed by atoms with Crippen LogP contribution in [0.15, 0.2) is 0 Å². The van der Waals surface area contributed by atoms with Crippen molar-refractivity contribution in [3.63, 3.8) is 0 Å². The fourth-order valence-corrected chi connectivity index (χ4v) is 1.68. The summed E-state index contributed by atoms with van der Waals surface area (Å²) in [5.74, 6) is -1.93. The second kappa shape index (κ2) is 9.39. The summed E-state index contributed by atoms with van der Waals surface area (Å²) in [5.41, 5.74) is 0. The second-order valence-corrected chi connectivity index (χ2v) is 4.97. The first-order chi connectivity index (χ1) is 10.5. The minimum Gasteiger partial charge on any atom is -0.479 e. The molecule has 0 unspecified atom stereocenters. The minimum absolute atomic E-state index is 0.990. The Balaban J connectivity index is 4.92. The van der Waals surface area contributed by atoms with Crippen LogP contribution in [-0.4, -0.2) is 124 Å². The van der Waals surface area contributed by atoms with E-state index in [0.717, 1.165) is 0 Å². The number of hydrogen-bond donors (Lipinski definition) is 11. The molecule has 23 heavy (non-hydrogen) atoms. The molecule has 0 heterocycles. The zero-order valence-corrected chi connectivity index (χ0v) is 11.7. The van der Waals surface area contributed by atoms with Crippen LogP contribution in [0.2, 0.25) is 0 Å². The summed E-state index contributed by atoms with van der Waals surface area (Å²) in [5, 5.41) is 101. The first-order valence-electron chi connectivity index (χ1n) is 6.43. The zero-order valence-electron chi connectivity index (χ0n) is 11.7. The molecule has 0 fully saturated rings. The largest absolute Gasteiger partial charge is 0.479 e. The normalized spacial score (nSPS) is 23.9. The molecule has 0 aliphatic carbocycles. The molecule has 12 nitrogen and oxygen atoms in total. The predicted molar refractivity (Wildman–Crippen MR) is 68.8 cm³/mol. The highest BCUT2D eigenvalue weighted by molar-refractivity contribution is 5.72. The lowest BCUT2D eigenvalue weighted by molar-refractivity contribution is -0.190. The fourth-order valence-electron chi connectivity index (χ4n) is 1.68. The second-order valence-electron chi connectivity index (χ2n) is 4.97. The van der Waals surface area contributed by atoms with E-state index in [-0.39, 0.29) is 0 Å². The van der Waals surface area contributed by atoms with Crippen molar-refractivity contribution in [1.29, 1.82) is 0 Å². The average Bonchev–Trinajstić information content (AvgIpc) is 2.55. The minimum atomic E-state index is -2.50. The maximum absolute atomic E-state index is 10.4. The monoisotopic (exact) mass is 346 g/mol. The molecule has 12 heteroatoms. The van der Waals surface area contributed by atoms with Crippen molar-refractivity contribution in [1.82, 2.24) is 0 Å². The number of carbonyl (C=O) groups is 1. The summed E-state index contributed by atoms with van der Waals surface area (Å²) in [7, 11) is 0. The molecule has 0 bridgehead atoms. The number of carboxylic acids is 1. The molecule has 0 saturated heterocycles. The number of carboxylic acid groups (broad SMARTS) is 1. The van der Waals surface area contributed by atoms with Crippen molar-refractivity contribution in [2.24, 2.45) is 0 Å². The van der Waals surface area contributed by atoms with Crippen LogP contribution in [0.4, 0.5) is 0 Å². The Labute approximate surface area is 129 Å². The van der Waals surface area contributed by atoms with E-state index in [1.807, 2.05) is 0 Å². The summed E-state index contributed by atoms with van der Waals surface area (Å²) in [6.45, 7) is -0.990. The van der Waals surface area contributed by atoms with Gasteiger partial charge in [0.05, 0.1) is 6.61 Å². The summed E-state index contributed by atoms with van der Waals surface area (Å²) in [4.78, 5) is 10.4. The van der Waals surface area contributed by atoms with Gasteiger partial charge in [-0.15, -0.1) is 0 Å². The van der Waals surface area contributed by atoms with Crippen molar-refractivity contribution in [2.75, 3.05) is 6.61 Å². The quantitative estimate of drug-likeness (QED) is 0.177. The van der Waals surface area contributed by atoms with Crippen LogP contribution in [0.1, 0.15) is 0 Å². The third-order valence-corrected chi connectivity index (χ3v) is 3.26. The van der Waals surface area contributed by atoms with E-state index in [2.05, 4.69) is 0 Å². The lowest BCUT2D eigenvalue weighted by Crippen LogP contribution is -2.58. The Hall–Kier alpha value is -0.930. The Morgan fingerprint density at radius 2 is 0.913 bits per heavy atom. The Morgan fingerprint density at radius 1 is 0.609 bits per heavy atom. The van der Waals surface area contributed by atoms with Gasteiger partial charge in [-0.05, 0) is 0 Å². The van der Waals surface area contributed by atoms with Crippen LogP contribution in [0.3, 0.4) is 0 Å². The van der Waals surface area contributed by atoms with Gasteiger partial charge in [-0.1, -0.05) is 0 Å². The lowest BCUT2D eigenvalue weighted by atomic mass is 9.92. The van der Waals surface area contributed by atoms with Crippen LogP contribution in [0, 0.1) is 0 Å². The van der Waals surface area contributed by atoms with Crippen molar-refractivity contribution in [2.45, 2.75) is 54.9 Å². The van der Waals surface area contributed by atoms with Gasteiger partial charge in [-0.2, -0.15) is 0 Å². The lowest BCUT2D eigenvalue weighted by Gasteiger charge is -2.33. The Morgan fingerprint density at radius 3 is 1.22 bits per heavy atom. The number of aliphatic carboxylic acids is 1. The Bertz CT molecular complexity index is 365. The molecule has 138 valence electrons. The van der Waals surface area contributed by atoms with E-state index >= 15 is 0 Å². The standard InChI is InChI=1S/C11H22O12/c12-1-2(13)3(14)4(15)5(16)6(17)7(18)8(19)9(20)10(21)11(22)23/h2-10,12-21H,1H2,(H,22,23)/t2-,3-,4+,5+,6-,7+,8-,9-,10-/m1/s1. The zero-order chi connectivity index (χ0) is 18.5. The van der Waals surface area contributed by atoms with Crippen molar-refractivity contribution < 1.29 is 61.0 Å². The van der Waals surface area contributed by atoms with E-state index in [4.69, 9.17) is 20.4 Å². The number of hydrogen-bond acceptors (Lipinski definition) is 11. The predicted octanol–water partition coefficient (Wildman–Crippen LogP) is -6.69. The molecule has 0 radical (unpaired) electrons. The van der Waals surface area contributed by atoms with E-state index in [1.165, 1.54) is 0 Å².